The Kier molecular flexibility index (Phi) is 6.61. The molecule has 2 aromatic carbocycles. The van der Waals surface area contributed by atoms with Crippen molar-refractivity contribution in [2.75, 3.05) is 19.5 Å². The Bertz CT molecular complexity index is 994. The fourth-order valence-corrected chi connectivity index (χ4v) is 3.39. The molecule has 0 atom stereocenters. The quantitative estimate of drug-likeness (QED) is 0.576. The van der Waals surface area contributed by atoms with Gasteiger partial charge < -0.3 is 19.5 Å². The summed E-state index contributed by atoms with van der Waals surface area (Å²) in [5.74, 6) is 0.901. The number of hydrogen-bond donors (Lipinski definition) is 1. The van der Waals surface area contributed by atoms with E-state index in [2.05, 4.69) is 15.0 Å². The SMILES string of the molecule is COc1ccc(CC(=O)Nc2nc(-c3ccccc3OC(F)F)cs2)c(OC)c1. The number of carbonyl (C=O) groups is 1. The Morgan fingerprint density at radius 1 is 1.14 bits per heavy atom. The molecule has 1 N–H and O–H groups in total. The molecule has 0 saturated heterocycles. The summed E-state index contributed by atoms with van der Waals surface area (Å²) < 4.78 is 40.2. The van der Waals surface area contributed by atoms with Crippen LogP contribution < -0.4 is 19.5 Å². The zero-order chi connectivity index (χ0) is 20.8. The van der Waals surface area contributed by atoms with Gasteiger partial charge in [0.1, 0.15) is 17.2 Å². The van der Waals surface area contributed by atoms with Gasteiger partial charge in [-0.05, 0) is 18.2 Å². The third-order valence-corrected chi connectivity index (χ3v) is 4.73. The molecule has 0 radical (unpaired) electrons. The Morgan fingerprint density at radius 2 is 1.93 bits per heavy atom. The molecule has 0 unspecified atom stereocenters. The number of ether oxygens (including phenoxy) is 3. The fourth-order valence-electron chi connectivity index (χ4n) is 2.67. The molecule has 1 aromatic heterocycles. The van der Waals surface area contributed by atoms with Gasteiger partial charge in [0.25, 0.3) is 0 Å². The van der Waals surface area contributed by atoms with E-state index in [1.807, 2.05) is 0 Å². The molecular formula is C20H18F2N2O4S. The molecule has 29 heavy (non-hydrogen) atoms. The highest BCUT2D eigenvalue weighted by Gasteiger charge is 2.15. The van der Waals surface area contributed by atoms with Crippen molar-refractivity contribution in [3.8, 4) is 28.5 Å². The van der Waals surface area contributed by atoms with Crippen LogP contribution in [0.15, 0.2) is 47.8 Å². The molecule has 0 spiro atoms. The van der Waals surface area contributed by atoms with Crippen molar-refractivity contribution in [3.63, 3.8) is 0 Å². The minimum atomic E-state index is -2.94. The number of hydrogen-bond acceptors (Lipinski definition) is 6. The number of methoxy groups -OCH3 is 2. The van der Waals surface area contributed by atoms with Crippen LogP contribution in [0.5, 0.6) is 17.2 Å². The zero-order valence-electron chi connectivity index (χ0n) is 15.6. The topological polar surface area (TPSA) is 69.7 Å². The number of aromatic nitrogens is 1. The van der Waals surface area contributed by atoms with Gasteiger partial charge in [0.05, 0.1) is 26.3 Å². The first-order valence-corrected chi connectivity index (χ1v) is 9.38. The van der Waals surface area contributed by atoms with E-state index in [0.717, 1.165) is 0 Å². The Balaban J connectivity index is 1.72. The second-order valence-electron chi connectivity index (χ2n) is 5.82. The molecule has 6 nitrogen and oxygen atoms in total. The monoisotopic (exact) mass is 420 g/mol. The van der Waals surface area contributed by atoms with E-state index in [1.54, 1.807) is 48.9 Å². The lowest BCUT2D eigenvalue weighted by Crippen LogP contribution is -2.14. The minimum Gasteiger partial charge on any atom is -0.497 e. The van der Waals surface area contributed by atoms with Crippen LogP contribution in [0.4, 0.5) is 13.9 Å². The molecular weight excluding hydrogens is 402 g/mol. The molecule has 3 aromatic rings. The lowest BCUT2D eigenvalue weighted by Gasteiger charge is -2.10. The molecule has 0 saturated carbocycles. The molecule has 1 heterocycles. The fraction of sp³-hybridized carbons (Fsp3) is 0.200. The van der Waals surface area contributed by atoms with Crippen molar-refractivity contribution in [1.29, 1.82) is 0 Å². The average molecular weight is 420 g/mol. The van der Waals surface area contributed by atoms with Crippen molar-refractivity contribution >= 4 is 22.4 Å². The van der Waals surface area contributed by atoms with Crippen molar-refractivity contribution in [3.05, 3.63) is 53.4 Å². The van der Waals surface area contributed by atoms with Gasteiger partial charge in [-0.2, -0.15) is 8.78 Å². The first-order chi connectivity index (χ1) is 14.0. The number of carbonyl (C=O) groups excluding carboxylic acids is 1. The van der Waals surface area contributed by atoms with Gasteiger partial charge in [0.15, 0.2) is 5.13 Å². The van der Waals surface area contributed by atoms with Crippen LogP contribution in [-0.2, 0) is 11.2 Å². The average Bonchev–Trinajstić information content (AvgIpc) is 3.16. The van der Waals surface area contributed by atoms with Crippen LogP contribution in [0.25, 0.3) is 11.3 Å². The maximum absolute atomic E-state index is 12.6. The third kappa shape index (κ3) is 5.20. The highest BCUT2D eigenvalue weighted by atomic mass is 32.1. The number of alkyl halides is 2. The molecule has 0 fully saturated rings. The van der Waals surface area contributed by atoms with E-state index in [-0.39, 0.29) is 18.1 Å². The predicted octanol–water partition coefficient (Wildman–Crippen LogP) is 4.61. The van der Waals surface area contributed by atoms with E-state index >= 15 is 0 Å². The van der Waals surface area contributed by atoms with Gasteiger partial charge in [-0.3, -0.25) is 4.79 Å². The number of para-hydroxylation sites is 1. The second-order valence-corrected chi connectivity index (χ2v) is 6.67. The van der Waals surface area contributed by atoms with E-state index in [1.165, 1.54) is 24.5 Å². The number of rotatable bonds is 8. The minimum absolute atomic E-state index is 0.0219. The van der Waals surface area contributed by atoms with Crippen LogP contribution >= 0.6 is 11.3 Å². The number of halogens is 2. The van der Waals surface area contributed by atoms with Gasteiger partial charge in [-0.25, -0.2) is 4.98 Å². The predicted molar refractivity (Wildman–Crippen MR) is 106 cm³/mol. The molecule has 1 amide bonds. The number of benzene rings is 2. The summed E-state index contributed by atoms with van der Waals surface area (Å²) in [4.78, 5) is 16.7. The van der Waals surface area contributed by atoms with Crippen molar-refractivity contribution in [1.82, 2.24) is 4.98 Å². The van der Waals surface area contributed by atoms with Crippen molar-refractivity contribution in [2.45, 2.75) is 13.0 Å². The number of amides is 1. The second kappa shape index (κ2) is 9.33. The van der Waals surface area contributed by atoms with Crippen LogP contribution in [0, 0.1) is 0 Å². The van der Waals surface area contributed by atoms with Crippen LogP contribution in [0.1, 0.15) is 5.56 Å². The molecule has 152 valence electrons. The molecule has 0 aliphatic heterocycles. The standard InChI is InChI=1S/C20H18F2N2O4S/c1-26-13-8-7-12(17(10-13)27-2)9-18(25)24-20-23-15(11-29-20)14-5-3-4-6-16(14)28-19(21)22/h3-8,10-11,19H,9H2,1-2H3,(H,23,24,25). The van der Waals surface area contributed by atoms with Gasteiger partial charge in [-0.15, -0.1) is 11.3 Å². The van der Waals surface area contributed by atoms with E-state index in [4.69, 9.17) is 9.47 Å². The molecule has 0 bridgehead atoms. The molecule has 9 heteroatoms. The van der Waals surface area contributed by atoms with Crippen molar-refractivity contribution in [2.24, 2.45) is 0 Å². The molecule has 3 rings (SSSR count). The van der Waals surface area contributed by atoms with Crippen LogP contribution in [0.3, 0.4) is 0 Å². The maximum Gasteiger partial charge on any atom is 0.387 e. The number of anilines is 1. The largest absolute Gasteiger partial charge is 0.497 e. The molecule has 0 aliphatic carbocycles. The normalized spacial score (nSPS) is 10.7. The maximum atomic E-state index is 12.6. The molecule has 0 aliphatic rings. The Labute approximate surface area is 170 Å². The highest BCUT2D eigenvalue weighted by molar-refractivity contribution is 7.14. The first kappa shape index (κ1) is 20.5. The van der Waals surface area contributed by atoms with Crippen molar-refractivity contribution < 1.29 is 27.8 Å². The van der Waals surface area contributed by atoms with Gasteiger partial charge >= 0.3 is 6.61 Å². The van der Waals surface area contributed by atoms with E-state index < -0.39 is 6.61 Å². The Hall–Kier alpha value is -3.20. The van der Waals surface area contributed by atoms with Gasteiger partial charge in [-0.1, -0.05) is 18.2 Å². The summed E-state index contributed by atoms with van der Waals surface area (Å²) in [5, 5.41) is 4.73. The summed E-state index contributed by atoms with van der Waals surface area (Å²) in [6, 6.07) is 11.6. The van der Waals surface area contributed by atoms with E-state index in [9.17, 15) is 13.6 Å². The zero-order valence-corrected chi connectivity index (χ0v) is 16.5. The summed E-state index contributed by atoms with van der Waals surface area (Å²) in [6.07, 6.45) is 0.0765. The summed E-state index contributed by atoms with van der Waals surface area (Å²) in [7, 11) is 3.06. The van der Waals surface area contributed by atoms with Crippen LogP contribution in [0.2, 0.25) is 0 Å². The lowest BCUT2D eigenvalue weighted by atomic mass is 10.1. The van der Waals surface area contributed by atoms with E-state index in [0.29, 0.717) is 33.5 Å². The summed E-state index contributed by atoms with van der Waals surface area (Å²) in [5.41, 5.74) is 1.54. The number of nitrogens with zero attached hydrogens (tertiary/aromatic N) is 1. The first-order valence-electron chi connectivity index (χ1n) is 8.50. The van der Waals surface area contributed by atoms with Gasteiger partial charge in [0, 0.05) is 22.6 Å². The summed E-state index contributed by atoms with van der Waals surface area (Å²) in [6.45, 7) is -2.94. The summed E-state index contributed by atoms with van der Waals surface area (Å²) >= 11 is 1.19. The van der Waals surface area contributed by atoms with Gasteiger partial charge in [0.2, 0.25) is 5.91 Å². The number of nitrogens with one attached hydrogen (secondary N) is 1. The smallest absolute Gasteiger partial charge is 0.387 e. The van der Waals surface area contributed by atoms with Crippen LogP contribution in [-0.4, -0.2) is 31.7 Å². The number of thiazole rings is 1. The Morgan fingerprint density at radius 3 is 2.66 bits per heavy atom. The third-order valence-electron chi connectivity index (χ3n) is 3.97. The highest BCUT2D eigenvalue weighted by Crippen LogP contribution is 2.33. The lowest BCUT2D eigenvalue weighted by molar-refractivity contribution is -0.115.